The molecule has 2 aromatic rings. The topological polar surface area (TPSA) is 54.1 Å². The molecule has 6 nitrogen and oxygen atoms in total. The molecule has 2 aromatic heterocycles. The Balaban J connectivity index is 0.000000502. The van der Waals surface area contributed by atoms with E-state index in [-0.39, 0.29) is 0 Å². The predicted octanol–water partition coefficient (Wildman–Crippen LogP) is 8.23. The predicted molar refractivity (Wildman–Crippen MR) is 187 cm³/mol. The van der Waals surface area contributed by atoms with Crippen LogP contribution < -0.4 is 3.71 Å². The summed E-state index contributed by atoms with van der Waals surface area (Å²) in [6.07, 6.45) is 12.1. The van der Waals surface area contributed by atoms with Crippen LogP contribution in [0.15, 0.2) is 18.3 Å². The smallest absolute Gasteiger partial charge is 0.0746 e. The van der Waals surface area contributed by atoms with Gasteiger partial charge in [0.1, 0.15) is 0 Å². The van der Waals surface area contributed by atoms with Gasteiger partial charge in [-0.25, -0.2) is 0 Å². The quantitative estimate of drug-likeness (QED) is 0.103. The fourth-order valence-corrected chi connectivity index (χ4v) is 23.3. The Bertz CT molecular complexity index is 929. The minimum absolute atomic E-state index is 0.769. The first-order chi connectivity index (χ1) is 19.2. The van der Waals surface area contributed by atoms with Crippen molar-refractivity contribution in [3.63, 3.8) is 0 Å². The van der Waals surface area contributed by atoms with Crippen molar-refractivity contribution in [2.24, 2.45) is 0 Å². The summed E-state index contributed by atoms with van der Waals surface area (Å²) in [5, 5.41) is 9.23. The van der Waals surface area contributed by atoms with Gasteiger partial charge in [0, 0.05) is 12.4 Å². The second-order valence-electron chi connectivity index (χ2n) is 14.4. The molecule has 0 N–H and O–H groups in total. The molecule has 0 aliphatic carbocycles. The third-order valence-electron chi connectivity index (χ3n) is 7.23. The maximum atomic E-state index is 6.05. The molecule has 0 atom stereocenters. The zero-order valence-electron chi connectivity index (χ0n) is 28.9. The third kappa shape index (κ3) is 16.9. The molecule has 9 heteroatoms. The van der Waals surface area contributed by atoms with E-state index in [1.807, 2.05) is 23.9 Å². The van der Waals surface area contributed by atoms with Crippen molar-refractivity contribution in [2.45, 2.75) is 139 Å². The van der Waals surface area contributed by atoms with Crippen LogP contribution in [0.1, 0.15) is 70.7 Å². The molecule has 2 rings (SSSR count). The number of nitrogens with zero attached hydrogens (tertiary/aromatic N) is 4. The Morgan fingerprint density at radius 2 is 1.20 bits per heavy atom. The largest absolute Gasteiger partial charge is 0.383 e. The molecule has 0 saturated heterocycles. The molecule has 238 valence electrons. The molecule has 0 spiro atoms. The van der Waals surface area contributed by atoms with Crippen molar-refractivity contribution in [1.29, 1.82) is 0 Å². The number of unbranched alkanes of at least 4 members (excludes halogenated alkanes) is 3. The number of hydrogen-bond donors (Lipinski definition) is 0. The van der Waals surface area contributed by atoms with Crippen molar-refractivity contribution in [3.05, 3.63) is 29.7 Å². The number of aromatic nitrogens is 4. The van der Waals surface area contributed by atoms with Gasteiger partial charge in [0.25, 0.3) is 0 Å². The molecule has 0 amide bonds. The van der Waals surface area contributed by atoms with Gasteiger partial charge in [-0.1, -0.05) is 19.6 Å². The fraction of sp³-hybridized carbons (Fsp3) is 0.812. The fourth-order valence-electron chi connectivity index (χ4n) is 5.10. The third-order valence-corrected chi connectivity index (χ3v) is 24.8. The van der Waals surface area contributed by atoms with E-state index in [1.165, 1.54) is 57.5 Å². The maximum absolute atomic E-state index is 6.05. The first kappa shape index (κ1) is 38.6. The number of rotatable bonds is 20. The molecule has 0 fully saturated rings. The Morgan fingerprint density at radius 1 is 0.707 bits per heavy atom. The van der Waals surface area contributed by atoms with Gasteiger partial charge in [-0.2, -0.15) is 5.10 Å². The molecule has 0 saturated carbocycles. The van der Waals surface area contributed by atoms with E-state index in [0.717, 1.165) is 44.5 Å². The number of hydrogen-bond acceptors (Lipinski definition) is 4. The Kier molecular flexibility index (Phi) is 18.6. The van der Waals surface area contributed by atoms with Gasteiger partial charge >= 0.3 is 175 Å². The van der Waals surface area contributed by atoms with Crippen LogP contribution in [0.3, 0.4) is 0 Å². The van der Waals surface area contributed by atoms with Crippen molar-refractivity contribution < 1.29 is 9.47 Å². The average molecular weight is 714 g/mol. The molecule has 0 bridgehead atoms. The summed E-state index contributed by atoms with van der Waals surface area (Å²) in [5.74, 6) is 0. The average Bonchev–Trinajstić information content (AvgIpc) is 3.48. The summed E-state index contributed by atoms with van der Waals surface area (Å²) >= 11 is -2.42. The van der Waals surface area contributed by atoms with Gasteiger partial charge in [0.15, 0.2) is 0 Å². The molecule has 41 heavy (non-hydrogen) atoms. The van der Waals surface area contributed by atoms with E-state index < -0.39 is 34.5 Å². The SMILES string of the molecule is CCC[CH2][Sn]([CH2]CCC)([CH2]CCC)[c]1cc(C)nn1CCOC[Si](C)(C)C.Cc1ccn(CCOC[Si](C)(C)C)n1. The summed E-state index contributed by atoms with van der Waals surface area (Å²) < 4.78 is 22.2. The van der Waals surface area contributed by atoms with Crippen LogP contribution in [0.2, 0.25) is 52.6 Å². The molecule has 2 heterocycles. The van der Waals surface area contributed by atoms with Crippen LogP contribution in [0, 0.1) is 13.8 Å². The molecular weight excluding hydrogens is 647 g/mol. The Hall–Kier alpha value is -0.428. The van der Waals surface area contributed by atoms with Crippen molar-refractivity contribution in [3.8, 4) is 0 Å². The van der Waals surface area contributed by atoms with Gasteiger partial charge in [0.2, 0.25) is 0 Å². The Labute approximate surface area is 260 Å². The minimum atomic E-state index is -2.42. The second-order valence-corrected chi connectivity index (χ2v) is 38.3. The number of ether oxygens (including phenoxy) is 2. The van der Waals surface area contributed by atoms with Crippen LogP contribution >= 0.6 is 0 Å². The van der Waals surface area contributed by atoms with E-state index in [4.69, 9.17) is 14.6 Å². The summed E-state index contributed by atoms with van der Waals surface area (Å²) in [7, 11) is -2.17. The monoisotopic (exact) mass is 714 g/mol. The summed E-state index contributed by atoms with van der Waals surface area (Å²) in [6.45, 7) is 28.7. The first-order valence-corrected chi connectivity index (χ1v) is 31.4. The first-order valence-electron chi connectivity index (χ1n) is 16.5. The normalized spacial score (nSPS) is 12.5. The number of aryl methyl sites for hydroxylation is 2. The standard InChI is InChI=1S/C10H20N2OSi.C10H19N2OSi.3C4H9.Sn/c2*1-10-5-6-12(11-10)7-8-13-9-14(2,3)4;3*1-3-4-2;/h5-6H,7-9H2,1-4H3;5H,7-9H2,1-4H3;3*1,3-4H2,2H3;. The second kappa shape index (κ2) is 19.8. The van der Waals surface area contributed by atoms with Crippen molar-refractivity contribution >= 4 is 38.2 Å². The van der Waals surface area contributed by atoms with Crippen LogP contribution in [0.4, 0.5) is 0 Å². The van der Waals surface area contributed by atoms with Crippen molar-refractivity contribution in [2.75, 3.05) is 25.7 Å². The van der Waals surface area contributed by atoms with E-state index in [9.17, 15) is 0 Å². The summed E-state index contributed by atoms with van der Waals surface area (Å²) in [6, 6.07) is 4.48. The van der Waals surface area contributed by atoms with Crippen LogP contribution in [-0.2, 0) is 22.6 Å². The van der Waals surface area contributed by atoms with E-state index in [0.29, 0.717) is 0 Å². The Morgan fingerprint density at radius 3 is 1.61 bits per heavy atom. The zero-order valence-corrected chi connectivity index (χ0v) is 33.8. The van der Waals surface area contributed by atoms with Crippen molar-refractivity contribution in [1.82, 2.24) is 19.6 Å². The van der Waals surface area contributed by atoms with E-state index in [2.05, 4.69) is 82.8 Å². The van der Waals surface area contributed by atoms with Crippen LogP contribution in [0.25, 0.3) is 0 Å². The van der Waals surface area contributed by atoms with E-state index >= 15 is 0 Å². The minimum Gasteiger partial charge on any atom is -0.383 e. The molecule has 0 aromatic carbocycles. The zero-order chi connectivity index (χ0) is 30.9. The molecular formula is C32H66N4O2Si2Sn. The van der Waals surface area contributed by atoms with Gasteiger partial charge < -0.3 is 4.74 Å². The van der Waals surface area contributed by atoms with Crippen LogP contribution in [0.5, 0.6) is 0 Å². The molecule has 0 radical (unpaired) electrons. The summed E-state index contributed by atoms with van der Waals surface area (Å²) in [5.41, 5.74) is 2.27. The van der Waals surface area contributed by atoms with Gasteiger partial charge in [-0.3, -0.25) is 4.68 Å². The molecule has 0 aliphatic heterocycles. The van der Waals surface area contributed by atoms with Gasteiger partial charge in [-0.15, -0.1) is 0 Å². The molecule has 0 unspecified atom stereocenters. The van der Waals surface area contributed by atoms with Crippen LogP contribution in [-0.4, -0.2) is 79.8 Å². The molecule has 0 aliphatic rings. The van der Waals surface area contributed by atoms with Gasteiger partial charge in [0.05, 0.1) is 26.9 Å². The maximum Gasteiger partial charge on any atom is 0.0746 e. The summed E-state index contributed by atoms with van der Waals surface area (Å²) in [4.78, 5) is 0. The van der Waals surface area contributed by atoms with Gasteiger partial charge in [-0.05, 0) is 13.0 Å². The van der Waals surface area contributed by atoms with E-state index in [1.54, 1.807) is 3.71 Å².